The Morgan fingerprint density at radius 1 is 1.46 bits per heavy atom. The molecule has 3 heteroatoms. The number of likely N-dealkylation sites (N-methyl/N-ethyl adjacent to an activating group) is 1. The number of hydrogen-bond donors (Lipinski definition) is 1. The summed E-state index contributed by atoms with van der Waals surface area (Å²) < 4.78 is 0. The Kier molecular flexibility index (Phi) is 4.22. The third-order valence-electron chi connectivity index (χ3n) is 2.91. The lowest BCUT2D eigenvalue weighted by Gasteiger charge is -2.18. The van der Waals surface area contributed by atoms with E-state index in [1.807, 2.05) is 0 Å². The quantitative estimate of drug-likeness (QED) is 0.710. The zero-order valence-electron chi connectivity index (χ0n) is 8.33. The van der Waals surface area contributed by atoms with Crippen molar-refractivity contribution in [2.75, 3.05) is 20.2 Å². The molecular weight excluding hydrogens is 166 g/mol. The van der Waals surface area contributed by atoms with Crippen LogP contribution in [0.3, 0.4) is 0 Å². The molecule has 1 fully saturated rings. The lowest BCUT2D eigenvalue weighted by atomic mass is 10.0. The van der Waals surface area contributed by atoms with Gasteiger partial charge < -0.3 is 10.0 Å². The fraction of sp³-hybridized carbons (Fsp3) is 0.900. The molecule has 0 aromatic heterocycles. The number of hydrogen-bond acceptors (Lipinski definition) is 2. The van der Waals surface area contributed by atoms with Crippen LogP contribution < -0.4 is 0 Å². The summed E-state index contributed by atoms with van der Waals surface area (Å²) in [4.78, 5) is 12.6. The Morgan fingerprint density at radius 3 is 2.62 bits per heavy atom. The topological polar surface area (TPSA) is 40.5 Å². The molecule has 1 N–H and O–H groups in total. The second-order valence-corrected chi connectivity index (χ2v) is 3.91. The Labute approximate surface area is 79.7 Å². The summed E-state index contributed by atoms with van der Waals surface area (Å²) in [6, 6.07) is 0. The highest BCUT2D eigenvalue weighted by atomic mass is 16.3. The SMILES string of the molecule is CN(CCC1CCCC1)C(=O)CO. The maximum absolute atomic E-state index is 11.0. The lowest BCUT2D eigenvalue weighted by molar-refractivity contribution is -0.132. The van der Waals surface area contributed by atoms with Crippen molar-refractivity contribution in [3.05, 3.63) is 0 Å². The first kappa shape index (κ1) is 10.5. The normalized spacial score (nSPS) is 17.7. The molecule has 0 aromatic rings. The molecular formula is C10H19NO2. The second kappa shape index (κ2) is 5.22. The highest BCUT2D eigenvalue weighted by molar-refractivity contribution is 5.76. The zero-order chi connectivity index (χ0) is 9.68. The van der Waals surface area contributed by atoms with Crippen molar-refractivity contribution in [2.45, 2.75) is 32.1 Å². The molecule has 1 aliphatic carbocycles. The summed E-state index contributed by atoms with van der Waals surface area (Å²) in [7, 11) is 1.76. The van der Waals surface area contributed by atoms with Crippen LogP contribution in [0.1, 0.15) is 32.1 Å². The molecule has 13 heavy (non-hydrogen) atoms. The van der Waals surface area contributed by atoms with Crippen LogP contribution in [-0.2, 0) is 4.79 Å². The van der Waals surface area contributed by atoms with E-state index in [0.29, 0.717) is 0 Å². The van der Waals surface area contributed by atoms with Crippen molar-refractivity contribution in [3.63, 3.8) is 0 Å². The first-order valence-corrected chi connectivity index (χ1v) is 5.09. The summed E-state index contributed by atoms with van der Waals surface area (Å²) in [6.45, 7) is 0.436. The van der Waals surface area contributed by atoms with E-state index in [0.717, 1.165) is 18.9 Å². The first-order valence-electron chi connectivity index (χ1n) is 5.09. The molecule has 1 amide bonds. The van der Waals surface area contributed by atoms with E-state index in [-0.39, 0.29) is 12.5 Å². The minimum atomic E-state index is -0.360. The number of carbonyl (C=O) groups is 1. The Morgan fingerprint density at radius 2 is 2.08 bits per heavy atom. The zero-order valence-corrected chi connectivity index (χ0v) is 8.33. The fourth-order valence-electron chi connectivity index (χ4n) is 1.92. The van der Waals surface area contributed by atoms with E-state index >= 15 is 0 Å². The molecule has 76 valence electrons. The third kappa shape index (κ3) is 3.35. The van der Waals surface area contributed by atoms with Gasteiger partial charge in [-0.05, 0) is 12.3 Å². The van der Waals surface area contributed by atoms with Gasteiger partial charge in [0.2, 0.25) is 5.91 Å². The molecule has 0 unspecified atom stereocenters. The number of carbonyl (C=O) groups excluding carboxylic acids is 1. The molecule has 3 nitrogen and oxygen atoms in total. The highest BCUT2D eigenvalue weighted by Gasteiger charge is 2.16. The first-order chi connectivity index (χ1) is 6.24. The van der Waals surface area contributed by atoms with Crippen molar-refractivity contribution in [3.8, 4) is 0 Å². The van der Waals surface area contributed by atoms with E-state index in [1.165, 1.54) is 25.7 Å². The molecule has 0 atom stereocenters. The highest BCUT2D eigenvalue weighted by Crippen LogP contribution is 2.27. The average Bonchev–Trinajstić information content (AvgIpc) is 2.65. The van der Waals surface area contributed by atoms with Crippen LogP contribution in [0.25, 0.3) is 0 Å². The van der Waals surface area contributed by atoms with Gasteiger partial charge in [0.25, 0.3) is 0 Å². The summed E-state index contributed by atoms with van der Waals surface area (Å²) in [5.74, 6) is 0.645. The average molecular weight is 185 g/mol. The number of aliphatic hydroxyl groups is 1. The fourth-order valence-corrected chi connectivity index (χ4v) is 1.92. The molecule has 0 aliphatic heterocycles. The summed E-state index contributed by atoms with van der Waals surface area (Å²) in [5.41, 5.74) is 0. The molecule has 1 aliphatic rings. The van der Waals surface area contributed by atoms with Crippen LogP contribution in [0.4, 0.5) is 0 Å². The van der Waals surface area contributed by atoms with E-state index in [2.05, 4.69) is 0 Å². The smallest absolute Gasteiger partial charge is 0.248 e. The van der Waals surface area contributed by atoms with E-state index in [4.69, 9.17) is 5.11 Å². The standard InChI is InChI=1S/C10H19NO2/c1-11(10(13)8-12)7-6-9-4-2-3-5-9/h9,12H,2-8H2,1H3. The van der Waals surface area contributed by atoms with Crippen LogP contribution in [-0.4, -0.2) is 36.1 Å². The van der Waals surface area contributed by atoms with Gasteiger partial charge in [0.1, 0.15) is 6.61 Å². The van der Waals surface area contributed by atoms with Crippen molar-refractivity contribution < 1.29 is 9.90 Å². The maximum atomic E-state index is 11.0. The number of nitrogens with zero attached hydrogens (tertiary/aromatic N) is 1. The van der Waals surface area contributed by atoms with Gasteiger partial charge in [0.05, 0.1) is 0 Å². The van der Waals surface area contributed by atoms with Crippen molar-refractivity contribution in [1.82, 2.24) is 4.90 Å². The molecule has 1 saturated carbocycles. The largest absolute Gasteiger partial charge is 0.387 e. The summed E-state index contributed by atoms with van der Waals surface area (Å²) in [6.07, 6.45) is 6.44. The van der Waals surface area contributed by atoms with Crippen LogP contribution in [0, 0.1) is 5.92 Å². The number of rotatable bonds is 4. The minimum Gasteiger partial charge on any atom is -0.387 e. The molecule has 0 aromatic carbocycles. The lowest BCUT2D eigenvalue weighted by Crippen LogP contribution is -2.30. The number of amides is 1. The Balaban J connectivity index is 2.13. The predicted molar refractivity (Wildman–Crippen MR) is 51.3 cm³/mol. The summed E-state index contributed by atoms with van der Waals surface area (Å²) >= 11 is 0. The van der Waals surface area contributed by atoms with E-state index in [9.17, 15) is 4.79 Å². The predicted octanol–water partition coefficient (Wildman–Crippen LogP) is 1.02. The van der Waals surface area contributed by atoms with Crippen molar-refractivity contribution >= 4 is 5.91 Å². The van der Waals surface area contributed by atoms with Crippen molar-refractivity contribution in [2.24, 2.45) is 5.92 Å². The minimum absolute atomic E-state index is 0.169. The molecule has 0 spiro atoms. The van der Waals surface area contributed by atoms with Crippen LogP contribution in [0.15, 0.2) is 0 Å². The van der Waals surface area contributed by atoms with E-state index in [1.54, 1.807) is 11.9 Å². The molecule has 0 bridgehead atoms. The second-order valence-electron chi connectivity index (χ2n) is 3.91. The van der Waals surface area contributed by atoms with Gasteiger partial charge in [0, 0.05) is 13.6 Å². The van der Waals surface area contributed by atoms with Gasteiger partial charge in [0.15, 0.2) is 0 Å². The molecule has 0 saturated heterocycles. The van der Waals surface area contributed by atoms with E-state index < -0.39 is 0 Å². The third-order valence-corrected chi connectivity index (χ3v) is 2.91. The Bertz CT molecular complexity index is 164. The van der Waals surface area contributed by atoms with Gasteiger partial charge in [-0.1, -0.05) is 25.7 Å². The molecule has 0 heterocycles. The van der Waals surface area contributed by atoms with Gasteiger partial charge in [-0.25, -0.2) is 0 Å². The van der Waals surface area contributed by atoms with Crippen LogP contribution >= 0.6 is 0 Å². The molecule has 0 radical (unpaired) electrons. The monoisotopic (exact) mass is 185 g/mol. The van der Waals surface area contributed by atoms with Gasteiger partial charge in [-0.3, -0.25) is 4.79 Å². The summed E-state index contributed by atoms with van der Waals surface area (Å²) in [5, 5.41) is 8.61. The van der Waals surface area contributed by atoms with Gasteiger partial charge >= 0.3 is 0 Å². The number of aliphatic hydroxyl groups excluding tert-OH is 1. The maximum Gasteiger partial charge on any atom is 0.248 e. The molecule has 1 rings (SSSR count). The van der Waals surface area contributed by atoms with Gasteiger partial charge in [-0.15, -0.1) is 0 Å². The van der Waals surface area contributed by atoms with Crippen molar-refractivity contribution in [1.29, 1.82) is 0 Å². The Hall–Kier alpha value is -0.570. The van der Waals surface area contributed by atoms with Gasteiger partial charge in [-0.2, -0.15) is 0 Å². The van der Waals surface area contributed by atoms with Crippen LogP contribution in [0.5, 0.6) is 0 Å². The van der Waals surface area contributed by atoms with Crippen LogP contribution in [0.2, 0.25) is 0 Å².